The number of likely N-dealkylation sites (N-methyl/N-ethyl adjacent to an activating group) is 1. The molecule has 0 amide bonds. The molecule has 0 bridgehead atoms. The predicted molar refractivity (Wildman–Crippen MR) is 86.9 cm³/mol. The van der Waals surface area contributed by atoms with E-state index in [1.807, 2.05) is 6.07 Å². The Balaban J connectivity index is 1.99. The standard InChI is InChI=1S/C16H25N5/c1-13(17)12-14-16(18-15-6-3-4-9-21(14)15)20-8-5-7-19(2)10-11-20/h3-4,6,9,13H,5,7-8,10-12,17H2,1-2H3. The number of hydrogen-bond acceptors (Lipinski definition) is 4. The van der Waals surface area contributed by atoms with Crippen molar-refractivity contribution in [3.8, 4) is 0 Å². The fourth-order valence-corrected chi connectivity index (χ4v) is 3.04. The molecule has 114 valence electrons. The van der Waals surface area contributed by atoms with Crippen molar-refractivity contribution in [3.63, 3.8) is 0 Å². The second-order valence-corrected chi connectivity index (χ2v) is 6.14. The van der Waals surface area contributed by atoms with Crippen LogP contribution < -0.4 is 10.6 Å². The number of aromatic nitrogens is 2. The van der Waals surface area contributed by atoms with Crippen LogP contribution in [0.4, 0.5) is 5.82 Å². The molecule has 2 N–H and O–H groups in total. The van der Waals surface area contributed by atoms with Gasteiger partial charge in [-0.2, -0.15) is 0 Å². The first-order valence-electron chi connectivity index (χ1n) is 7.80. The lowest BCUT2D eigenvalue weighted by atomic mass is 10.2. The number of nitrogens with two attached hydrogens (primary N) is 1. The molecule has 21 heavy (non-hydrogen) atoms. The van der Waals surface area contributed by atoms with Gasteiger partial charge in [-0.25, -0.2) is 4.98 Å². The number of rotatable bonds is 3. The van der Waals surface area contributed by atoms with Crippen molar-refractivity contribution in [1.82, 2.24) is 14.3 Å². The van der Waals surface area contributed by atoms with E-state index in [0.29, 0.717) is 0 Å². The van der Waals surface area contributed by atoms with Crippen molar-refractivity contribution in [2.24, 2.45) is 5.73 Å². The molecule has 1 atom stereocenters. The van der Waals surface area contributed by atoms with Gasteiger partial charge in [0.15, 0.2) is 5.82 Å². The van der Waals surface area contributed by atoms with E-state index in [1.54, 1.807) is 0 Å². The van der Waals surface area contributed by atoms with E-state index in [1.165, 1.54) is 12.1 Å². The highest BCUT2D eigenvalue weighted by Gasteiger charge is 2.20. The van der Waals surface area contributed by atoms with Crippen molar-refractivity contribution < 1.29 is 0 Å². The number of nitrogens with zero attached hydrogens (tertiary/aromatic N) is 4. The van der Waals surface area contributed by atoms with Gasteiger partial charge in [-0.15, -0.1) is 0 Å². The van der Waals surface area contributed by atoms with Crippen LogP contribution in [0.15, 0.2) is 24.4 Å². The fraction of sp³-hybridized carbons (Fsp3) is 0.562. The smallest absolute Gasteiger partial charge is 0.151 e. The van der Waals surface area contributed by atoms with Crippen molar-refractivity contribution >= 4 is 11.5 Å². The molecule has 1 aliphatic rings. The summed E-state index contributed by atoms with van der Waals surface area (Å²) in [6.45, 7) is 6.41. The summed E-state index contributed by atoms with van der Waals surface area (Å²) >= 11 is 0. The molecule has 0 aromatic carbocycles. The van der Waals surface area contributed by atoms with Gasteiger partial charge in [0.1, 0.15) is 5.65 Å². The first-order valence-corrected chi connectivity index (χ1v) is 7.80. The lowest BCUT2D eigenvalue weighted by Crippen LogP contribution is -2.30. The monoisotopic (exact) mass is 287 g/mol. The Morgan fingerprint density at radius 1 is 1.24 bits per heavy atom. The Kier molecular flexibility index (Phi) is 4.12. The molecule has 0 spiro atoms. The van der Waals surface area contributed by atoms with E-state index in [9.17, 15) is 0 Å². The van der Waals surface area contributed by atoms with Crippen LogP contribution >= 0.6 is 0 Å². The zero-order chi connectivity index (χ0) is 14.8. The molecule has 3 heterocycles. The van der Waals surface area contributed by atoms with Crippen LogP contribution in [0.5, 0.6) is 0 Å². The topological polar surface area (TPSA) is 49.8 Å². The molecule has 0 aliphatic carbocycles. The van der Waals surface area contributed by atoms with Gasteiger partial charge in [0.05, 0.1) is 5.69 Å². The summed E-state index contributed by atoms with van der Waals surface area (Å²) in [7, 11) is 2.19. The Hall–Kier alpha value is -1.59. The maximum atomic E-state index is 6.06. The SMILES string of the molecule is CC(N)Cc1c(N2CCCN(C)CC2)nc2ccccn12. The van der Waals surface area contributed by atoms with Crippen molar-refractivity contribution in [3.05, 3.63) is 30.1 Å². The largest absolute Gasteiger partial charge is 0.354 e. The lowest BCUT2D eigenvalue weighted by Gasteiger charge is -2.22. The van der Waals surface area contributed by atoms with Gasteiger partial charge in [0, 0.05) is 38.3 Å². The summed E-state index contributed by atoms with van der Waals surface area (Å²) in [5, 5.41) is 0. The summed E-state index contributed by atoms with van der Waals surface area (Å²) < 4.78 is 2.19. The fourth-order valence-electron chi connectivity index (χ4n) is 3.04. The van der Waals surface area contributed by atoms with Gasteiger partial charge >= 0.3 is 0 Å². The van der Waals surface area contributed by atoms with Crippen molar-refractivity contribution in [2.45, 2.75) is 25.8 Å². The van der Waals surface area contributed by atoms with Crippen LogP contribution in [0.25, 0.3) is 5.65 Å². The van der Waals surface area contributed by atoms with Crippen LogP contribution in [-0.2, 0) is 6.42 Å². The molecule has 2 aromatic rings. The Bertz CT molecular complexity index is 604. The molecule has 0 radical (unpaired) electrons. The van der Waals surface area contributed by atoms with Gasteiger partial charge in [-0.05, 0) is 39.1 Å². The summed E-state index contributed by atoms with van der Waals surface area (Å²) in [6, 6.07) is 6.30. The average molecular weight is 287 g/mol. The molecular formula is C16H25N5. The molecular weight excluding hydrogens is 262 g/mol. The summed E-state index contributed by atoms with van der Waals surface area (Å²) in [5.74, 6) is 1.12. The molecule has 3 rings (SSSR count). The quantitative estimate of drug-likeness (QED) is 0.926. The van der Waals surface area contributed by atoms with E-state index in [4.69, 9.17) is 10.7 Å². The zero-order valence-electron chi connectivity index (χ0n) is 13.0. The second-order valence-electron chi connectivity index (χ2n) is 6.14. The Morgan fingerprint density at radius 2 is 2.10 bits per heavy atom. The van der Waals surface area contributed by atoms with Gasteiger partial charge in [-0.3, -0.25) is 0 Å². The average Bonchev–Trinajstić information content (AvgIpc) is 2.66. The van der Waals surface area contributed by atoms with E-state index >= 15 is 0 Å². The van der Waals surface area contributed by atoms with Crippen LogP contribution in [0.3, 0.4) is 0 Å². The minimum atomic E-state index is 0.138. The van der Waals surface area contributed by atoms with Gasteiger partial charge in [-0.1, -0.05) is 6.07 Å². The first-order chi connectivity index (χ1) is 10.1. The molecule has 1 fully saturated rings. The normalized spacial score (nSPS) is 18.9. The molecule has 2 aromatic heterocycles. The summed E-state index contributed by atoms with van der Waals surface area (Å²) in [6.07, 6.45) is 4.13. The summed E-state index contributed by atoms with van der Waals surface area (Å²) in [4.78, 5) is 9.69. The van der Waals surface area contributed by atoms with Crippen molar-refractivity contribution in [2.75, 3.05) is 38.1 Å². The number of anilines is 1. The number of imidazole rings is 1. The minimum Gasteiger partial charge on any atom is -0.354 e. The minimum absolute atomic E-state index is 0.138. The van der Waals surface area contributed by atoms with Crippen LogP contribution in [0, 0.1) is 0 Å². The molecule has 5 heteroatoms. The lowest BCUT2D eigenvalue weighted by molar-refractivity contribution is 0.360. The highest BCUT2D eigenvalue weighted by atomic mass is 15.3. The van der Waals surface area contributed by atoms with Crippen LogP contribution in [-0.4, -0.2) is 53.6 Å². The van der Waals surface area contributed by atoms with Crippen molar-refractivity contribution in [1.29, 1.82) is 0 Å². The molecule has 1 saturated heterocycles. The second kappa shape index (κ2) is 6.03. The third-order valence-corrected chi connectivity index (χ3v) is 4.14. The number of hydrogen-bond donors (Lipinski definition) is 1. The highest BCUT2D eigenvalue weighted by molar-refractivity contribution is 5.56. The molecule has 1 aliphatic heterocycles. The van der Waals surface area contributed by atoms with E-state index in [0.717, 1.165) is 44.1 Å². The maximum Gasteiger partial charge on any atom is 0.151 e. The first kappa shape index (κ1) is 14.4. The van der Waals surface area contributed by atoms with E-state index in [-0.39, 0.29) is 6.04 Å². The predicted octanol–water partition coefficient (Wildman–Crippen LogP) is 1.37. The number of pyridine rings is 1. The van der Waals surface area contributed by atoms with Gasteiger partial charge in [0.25, 0.3) is 0 Å². The molecule has 1 unspecified atom stereocenters. The third-order valence-electron chi connectivity index (χ3n) is 4.14. The third kappa shape index (κ3) is 3.04. The molecule has 0 saturated carbocycles. The Morgan fingerprint density at radius 3 is 2.90 bits per heavy atom. The van der Waals surface area contributed by atoms with Gasteiger partial charge < -0.3 is 19.9 Å². The Labute approximate surface area is 126 Å². The highest BCUT2D eigenvalue weighted by Crippen LogP contribution is 2.24. The maximum absolute atomic E-state index is 6.06. The van der Waals surface area contributed by atoms with E-state index < -0.39 is 0 Å². The number of fused-ring (bicyclic) bond motifs is 1. The summed E-state index contributed by atoms with van der Waals surface area (Å²) in [5.41, 5.74) is 8.31. The molecule has 5 nitrogen and oxygen atoms in total. The van der Waals surface area contributed by atoms with E-state index in [2.05, 4.69) is 46.5 Å². The van der Waals surface area contributed by atoms with Gasteiger partial charge in [0.2, 0.25) is 0 Å². The zero-order valence-corrected chi connectivity index (χ0v) is 13.0. The van der Waals surface area contributed by atoms with Crippen LogP contribution in [0.1, 0.15) is 19.0 Å². The van der Waals surface area contributed by atoms with Crippen LogP contribution in [0.2, 0.25) is 0 Å².